The Balaban J connectivity index is 1.41. The van der Waals surface area contributed by atoms with Crippen molar-refractivity contribution in [3.8, 4) is 17.0 Å². The van der Waals surface area contributed by atoms with Gasteiger partial charge in [0.05, 0.1) is 22.3 Å². The van der Waals surface area contributed by atoms with Gasteiger partial charge >= 0.3 is 6.61 Å². The second kappa shape index (κ2) is 11.4. The van der Waals surface area contributed by atoms with E-state index in [0.29, 0.717) is 33.8 Å². The van der Waals surface area contributed by atoms with Crippen LogP contribution in [-0.4, -0.2) is 52.1 Å². The summed E-state index contributed by atoms with van der Waals surface area (Å²) in [6.45, 7) is 1.81. The van der Waals surface area contributed by atoms with E-state index in [2.05, 4.69) is 32.1 Å². The second-order valence-corrected chi connectivity index (χ2v) is 9.50. The maximum atomic E-state index is 13.6. The third-order valence-corrected chi connectivity index (χ3v) is 6.82. The Hall–Kier alpha value is -3.99. The number of H-pyrrole nitrogens is 1. The molecule has 2 aromatic heterocycles. The van der Waals surface area contributed by atoms with Crippen molar-refractivity contribution in [2.75, 3.05) is 25.0 Å². The van der Waals surface area contributed by atoms with Gasteiger partial charge in [0.15, 0.2) is 0 Å². The van der Waals surface area contributed by atoms with Crippen LogP contribution >= 0.6 is 0 Å². The summed E-state index contributed by atoms with van der Waals surface area (Å²) in [6.07, 6.45) is 3.46. The molecule has 1 fully saturated rings. The van der Waals surface area contributed by atoms with Gasteiger partial charge in [0.25, 0.3) is 5.56 Å². The third kappa shape index (κ3) is 6.36. The molecular weight excluding hydrogens is 514 g/mol. The first kappa shape index (κ1) is 26.6. The lowest BCUT2D eigenvalue weighted by Gasteiger charge is -2.32. The zero-order valence-corrected chi connectivity index (χ0v) is 21.2. The average molecular weight is 542 g/mol. The van der Waals surface area contributed by atoms with Gasteiger partial charge in [-0.15, -0.1) is 0 Å². The number of alkyl halides is 2. The summed E-state index contributed by atoms with van der Waals surface area (Å²) in [6, 6.07) is 9.46. The number of benzene rings is 2. The smallest absolute Gasteiger partial charge is 0.387 e. The molecule has 0 atom stereocenters. The number of hydrogen-bond acceptors (Lipinski definition) is 6. The Morgan fingerprint density at radius 2 is 1.85 bits per heavy atom. The van der Waals surface area contributed by atoms with Crippen LogP contribution in [0.4, 0.5) is 23.2 Å². The van der Waals surface area contributed by atoms with Crippen molar-refractivity contribution in [1.29, 1.82) is 0 Å². The van der Waals surface area contributed by atoms with Crippen LogP contribution in [0.5, 0.6) is 5.75 Å². The molecule has 2 N–H and O–H groups in total. The molecule has 0 amide bonds. The summed E-state index contributed by atoms with van der Waals surface area (Å²) in [7, 11) is 0. The lowest BCUT2D eigenvalue weighted by atomic mass is 10.0. The van der Waals surface area contributed by atoms with Crippen molar-refractivity contribution in [2.45, 2.75) is 38.8 Å². The topological polar surface area (TPSA) is 83.1 Å². The van der Waals surface area contributed by atoms with Crippen LogP contribution in [0.15, 0.2) is 53.5 Å². The standard InChI is InChI=1S/C28H27F4N5O2/c1-2-37-7-5-20(6-8-37)34-24-14-23-21(13-25(24)39-28(31)32)27(38)36-26(35-23)9-16-3-4-22(33-15-16)17-10-18(29)12-19(30)11-17/h3-4,10-15,20,28,34H,2,5-9H2,1H3,(H,35,36,38). The van der Waals surface area contributed by atoms with Gasteiger partial charge in [-0.2, -0.15) is 8.78 Å². The van der Waals surface area contributed by atoms with E-state index in [9.17, 15) is 22.4 Å². The molecular formula is C28H27F4N5O2. The number of aromatic amines is 1. The largest absolute Gasteiger partial charge is 0.433 e. The summed E-state index contributed by atoms with van der Waals surface area (Å²) >= 11 is 0. The number of aromatic nitrogens is 3. The Labute approximate surface area is 221 Å². The van der Waals surface area contributed by atoms with Crippen LogP contribution in [0.3, 0.4) is 0 Å². The zero-order valence-electron chi connectivity index (χ0n) is 21.2. The van der Waals surface area contributed by atoms with Gasteiger partial charge in [0, 0.05) is 43.4 Å². The minimum atomic E-state index is -3.05. The van der Waals surface area contributed by atoms with E-state index in [1.807, 2.05) is 0 Å². The van der Waals surface area contributed by atoms with E-state index >= 15 is 0 Å². The molecule has 0 aliphatic carbocycles. The van der Waals surface area contributed by atoms with Crippen molar-refractivity contribution in [1.82, 2.24) is 19.9 Å². The average Bonchev–Trinajstić information content (AvgIpc) is 2.89. The lowest BCUT2D eigenvalue weighted by Crippen LogP contribution is -2.38. The Kier molecular flexibility index (Phi) is 7.78. The molecule has 7 nitrogen and oxygen atoms in total. The number of ether oxygens (including phenoxy) is 1. The highest BCUT2D eigenvalue weighted by Crippen LogP contribution is 2.32. The minimum absolute atomic E-state index is 0.0721. The van der Waals surface area contributed by atoms with Crippen molar-refractivity contribution in [2.24, 2.45) is 0 Å². The molecule has 1 aliphatic heterocycles. The van der Waals surface area contributed by atoms with Crippen LogP contribution < -0.4 is 15.6 Å². The maximum Gasteiger partial charge on any atom is 0.387 e. The summed E-state index contributed by atoms with van der Waals surface area (Å²) in [5.74, 6) is -1.15. The van der Waals surface area contributed by atoms with E-state index in [4.69, 9.17) is 4.74 Å². The van der Waals surface area contributed by atoms with Gasteiger partial charge in [-0.1, -0.05) is 13.0 Å². The van der Waals surface area contributed by atoms with Crippen molar-refractivity contribution in [3.63, 3.8) is 0 Å². The number of nitrogens with zero attached hydrogens (tertiary/aromatic N) is 3. The maximum absolute atomic E-state index is 13.6. The summed E-state index contributed by atoms with van der Waals surface area (Å²) in [5, 5.41) is 3.44. The number of likely N-dealkylation sites (tertiary alicyclic amines) is 1. The van der Waals surface area contributed by atoms with E-state index in [-0.39, 0.29) is 23.6 Å². The number of pyridine rings is 1. The summed E-state index contributed by atoms with van der Waals surface area (Å²) in [4.78, 5) is 26.7. The summed E-state index contributed by atoms with van der Waals surface area (Å²) < 4.78 is 58.2. The van der Waals surface area contributed by atoms with Gasteiger partial charge in [-0.25, -0.2) is 13.8 Å². The first-order chi connectivity index (χ1) is 18.8. The minimum Gasteiger partial charge on any atom is -0.433 e. The number of halogens is 4. The molecule has 0 spiro atoms. The van der Waals surface area contributed by atoms with E-state index in [1.54, 1.807) is 18.2 Å². The van der Waals surface area contributed by atoms with Crippen LogP contribution in [-0.2, 0) is 6.42 Å². The molecule has 0 bridgehead atoms. The predicted molar refractivity (Wildman–Crippen MR) is 140 cm³/mol. The van der Waals surface area contributed by atoms with E-state index < -0.39 is 23.8 Å². The molecule has 0 radical (unpaired) electrons. The van der Waals surface area contributed by atoms with Crippen LogP contribution in [0.1, 0.15) is 31.2 Å². The molecule has 11 heteroatoms. The van der Waals surface area contributed by atoms with Crippen molar-refractivity contribution < 1.29 is 22.3 Å². The normalized spacial score (nSPS) is 14.7. The highest BCUT2D eigenvalue weighted by molar-refractivity contribution is 5.85. The van der Waals surface area contributed by atoms with Crippen LogP contribution in [0, 0.1) is 11.6 Å². The molecule has 204 valence electrons. The molecule has 3 heterocycles. The first-order valence-electron chi connectivity index (χ1n) is 12.7. The van der Waals surface area contributed by atoms with E-state index in [0.717, 1.165) is 38.5 Å². The Morgan fingerprint density at radius 3 is 2.49 bits per heavy atom. The molecule has 1 saturated heterocycles. The fourth-order valence-corrected chi connectivity index (χ4v) is 4.81. The Bertz CT molecular complexity index is 1500. The van der Waals surface area contributed by atoms with Gasteiger partial charge < -0.3 is 19.9 Å². The third-order valence-electron chi connectivity index (χ3n) is 6.82. The number of anilines is 1. The lowest BCUT2D eigenvalue weighted by molar-refractivity contribution is -0.0493. The number of nitrogens with one attached hydrogen (secondary N) is 2. The highest BCUT2D eigenvalue weighted by Gasteiger charge is 2.21. The molecule has 0 saturated carbocycles. The second-order valence-electron chi connectivity index (χ2n) is 9.50. The van der Waals surface area contributed by atoms with Crippen LogP contribution in [0.2, 0.25) is 0 Å². The van der Waals surface area contributed by atoms with Gasteiger partial charge in [0.2, 0.25) is 0 Å². The summed E-state index contributed by atoms with van der Waals surface area (Å²) in [5.41, 5.74) is 1.61. The molecule has 0 unspecified atom stereocenters. The highest BCUT2D eigenvalue weighted by atomic mass is 19.3. The first-order valence-corrected chi connectivity index (χ1v) is 12.7. The monoisotopic (exact) mass is 541 g/mol. The van der Waals surface area contributed by atoms with Crippen molar-refractivity contribution >= 4 is 16.6 Å². The number of hydrogen-bond donors (Lipinski definition) is 2. The zero-order chi connectivity index (χ0) is 27.5. The quantitative estimate of drug-likeness (QED) is 0.293. The number of piperidine rings is 1. The number of rotatable bonds is 8. The molecule has 39 heavy (non-hydrogen) atoms. The fourth-order valence-electron chi connectivity index (χ4n) is 4.81. The number of fused-ring (bicyclic) bond motifs is 1. The van der Waals surface area contributed by atoms with Crippen molar-refractivity contribution in [3.05, 3.63) is 82.0 Å². The SMILES string of the molecule is CCN1CCC(Nc2cc3nc(Cc4ccc(-c5cc(F)cc(F)c5)nc4)[nH]c(=O)c3cc2OC(F)F)CC1. The van der Waals surface area contributed by atoms with E-state index in [1.165, 1.54) is 24.4 Å². The Morgan fingerprint density at radius 1 is 1.10 bits per heavy atom. The molecule has 5 rings (SSSR count). The molecule has 1 aliphatic rings. The molecule has 2 aromatic carbocycles. The van der Waals surface area contributed by atoms with Gasteiger partial charge in [-0.05, 0) is 55.3 Å². The molecule has 4 aromatic rings. The predicted octanol–water partition coefficient (Wildman–Crippen LogP) is 5.35. The van der Waals surface area contributed by atoms with Gasteiger partial charge in [-0.3, -0.25) is 9.78 Å². The fraction of sp³-hybridized carbons (Fsp3) is 0.321. The van der Waals surface area contributed by atoms with Crippen LogP contribution in [0.25, 0.3) is 22.2 Å². The van der Waals surface area contributed by atoms with Gasteiger partial charge in [0.1, 0.15) is 23.2 Å².